The fourth-order valence-corrected chi connectivity index (χ4v) is 2.47. The first-order valence-electron chi connectivity index (χ1n) is 6.85. The maximum Gasteiger partial charge on any atom is 0.258 e. The standard InChI is InChI=1S/C16H14F2N4O/c1-20-15-6-14-8(7-21-15)3-10(16(23)22(14)2)9-4-13(19)12(18)5-11(9)17/h3-7H,19H2,1-2H3,(H,20,21). The van der Waals surface area contributed by atoms with Crippen molar-refractivity contribution in [1.82, 2.24) is 9.55 Å². The zero-order valence-electron chi connectivity index (χ0n) is 12.5. The largest absolute Gasteiger partial charge is 0.396 e. The minimum Gasteiger partial charge on any atom is -0.396 e. The van der Waals surface area contributed by atoms with Gasteiger partial charge in [-0.3, -0.25) is 4.79 Å². The molecule has 0 radical (unpaired) electrons. The van der Waals surface area contributed by atoms with Gasteiger partial charge in [-0.2, -0.15) is 0 Å². The lowest BCUT2D eigenvalue weighted by atomic mass is 10.0. The first kappa shape index (κ1) is 15.0. The van der Waals surface area contributed by atoms with Crippen LogP contribution >= 0.6 is 0 Å². The van der Waals surface area contributed by atoms with E-state index in [1.165, 1.54) is 10.6 Å². The molecule has 118 valence electrons. The highest BCUT2D eigenvalue weighted by Crippen LogP contribution is 2.27. The second kappa shape index (κ2) is 5.35. The van der Waals surface area contributed by atoms with E-state index >= 15 is 0 Å². The summed E-state index contributed by atoms with van der Waals surface area (Å²) < 4.78 is 28.8. The Morgan fingerprint density at radius 3 is 2.57 bits per heavy atom. The maximum atomic E-state index is 14.1. The summed E-state index contributed by atoms with van der Waals surface area (Å²) in [5.41, 5.74) is 5.58. The molecule has 0 spiro atoms. The molecule has 0 amide bonds. The van der Waals surface area contributed by atoms with Crippen molar-refractivity contribution in [3.05, 3.63) is 52.5 Å². The summed E-state index contributed by atoms with van der Waals surface area (Å²) in [6.07, 6.45) is 1.58. The lowest BCUT2D eigenvalue weighted by Crippen LogP contribution is -2.19. The number of hydrogen-bond donors (Lipinski definition) is 2. The van der Waals surface area contributed by atoms with E-state index in [1.807, 2.05) is 0 Å². The van der Waals surface area contributed by atoms with Gasteiger partial charge in [-0.15, -0.1) is 0 Å². The van der Waals surface area contributed by atoms with Crippen molar-refractivity contribution in [3.8, 4) is 11.1 Å². The van der Waals surface area contributed by atoms with E-state index in [2.05, 4.69) is 10.3 Å². The molecular formula is C16H14F2N4O. The van der Waals surface area contributed by atoms with E-state index in [9.17, 15) is 13.6 Å². The number of pyridine rings is 2. The van der Waals surface area contributed by atoms with Crippen molar-refractivity contribution >= 4 is 22.4 Å². The zero-order valence-corrected chi connectivity index (χ0v) is 12.5. The van der Waals surface area contributed by atoms with Crippen molar-refractivity contribution in [2.75, 3.05) is 18.1 Å². The van der Waals surface area contributed by atoms with Crippen molar-refractivity contribution < 1.29 is 8.78 Å². The Kier molecular flexibility index (Phi) is 3.48. The van der Waals surface area contributed by atoms with Gasteiger partial charge in [0.05, 0.1) is 16.8 Å². The Labute approximate surface area is 130 Å². The number of rotatable bonds is 2. The van der Waals surface area contributed by atoms with Gasteiger partial charge in [0.15, 0.2) is 0 Å². The maximum absolute atomic E-state index is 14.1. The minimum atomic E-state index is -0.857. The Hall–Kier alpha value is -2.96. The topological polar surface area (TPSA) is 72.9 Å². The molecule has 0 fully saturated rings. The highest BCUT2D eigenvalue weighted by Gasteiger charge is 2.15. The van der Waals surface area contributed by atoms with Gasteiger partial charge in [0, 0.05) is 43.4 Å². The predicted octanol–water partition coefficient (Wildman–Crippen LogP) is 2.50. The van der Waals surface area contributed by atoms with Crippen LogP contribution in [0, 0.1) is 11.6 Å². The molecule has 3 N–H and O–H groups in total. The quantitative estimate of drug-likeness (QED) is 0.713. The molecular weight excluding hydrogens is 302 g/mol. The van der Waals surface area contributed by atoms with Crippen LogP contribution in [-0.2, 0) is 7.05 Å². The third-order valence-corrected chi connectivity index (χ3v) is 3.74. The molecule has 1 aromatic carbocycles. The van der Waals surface area contributed by atoms with Gasteiger partial charge in [0.25, 0.3) is 5.56 Å². The van der Waals surface area contributed by atoms with Crippen LogP contribution in [0.5, 0.6) is 0 Å². The summed E-state index contributed by atoms with van der Waals surface area (Å²) in [5.74, 6) is -1.09. The molecule has 0 atom stereocenters. The van der Waals surface area contributed by atoms with E-state index in [4.69, 9.17) is 5.73 Å². The number of aryl methyl sites for hydroxylation is 1. The molecule has 0 aliphatic rings. The van der Waals surface area contributed by atoms with E-state index < -0.39 is 17.2 Å². The van der Waals surface area contributed by atoms with Crippen LogP contribution in [0.3, 0.4) is 0 Å². The van der Waals surface area contributed by atoms with Crippen LogP contribution in [0.15, 0.2) is 35.3 Å². The molecule has 0 bridgehead atoms. The van der Waals surface area contributed by atoms with Gasteiger partial charge in [-0.1, -0.05) is 0 Å². The molecule has 3 aromatic rings. The Morgan fingerprint density at radius 1 is 1.13 bits per heavy atom. The van der Waals surface area contributed by atoms with Crippen molar-refractivity contribution in [2.45, 2.75) is 0 Å². The van der Waals surface area contributed by atoms with E-state index in [0.29, 0.717) is 22.8 Å². The summed E-state index contributed by atoms with van der Waals surface area (Å²) in [6, 6.07) is 5.05. The van der Waals surface area contributed by atoms with Crippen LogP contribution in [0.25, 0.3) is 22.0 Å². The molecule has 0 saturated carbocycles. The number of halogens is 2. The van der Waals surface area contributed by atoms with E-state index in [0.717, 1.165) is 6.07 Å². The van der Waals surface area contributed by atoms with Crippen LogP contribution in [0.1, 0.15) is 0 Å². The fraction of sp³-hybridized carbons (Fsp3) is 0.125. The summed E-state index contributed by atoms with van der Waals surface area (Å²) in [4.78, 5) is 16.7. The molecule has 0 aliphatic carbocycles. The van der Waals surface area contributed by atoms with Gasteiger partial charge in [0.2, 0.25) is 0 Å². The first-order valence-corrected chi connectivity index (χ1v) is 6.85. The molecule has 2 heterocycles. The van der Waals surface area contributed by atoms with Crippen molar-refractivity contribution in [3.63, 3.8) is 0 Å². The second-order valence-corrected chi connectivity index (χ2v) is 5.15. The van der Waals surface area contributed by atoms with Crippen LogP contribution in [0.4, 0.5) is 20.3 Å². The number of fused-ring (bicyclic) bond motifs is 1. The molecule has 3 rings (SSSR count). The summed E-state index contributed by atoms with van der Waals surface area (Å²) in [5, 5.41) is 3.55. The molecule has 2 aromatic heterocycles. The number of hydrogen-bond acceptors (Lipinski definition) is 4. The Morgan fingerprint density at radius 2 is 1.87 bits per heavy atom. The molecule has 0 aliphatic heterocycles. The number of benzene rings is 1. The fourth-order valence-electron chi connectivity index (χ4n) is 2.47. The van der Waals surface area contributed by atoms with Gasteiger partial charge >= 0.3 is 0 Å². The minimum absolute atomic E-state index is 0.0379. The third kappa shape index (κ3) is 2.40. The Bertz CT molecular complexity index is 982. The highest BCUT2D eigenvalue weighted by molar-refractivity contribution is 5.85. The van der Waals surface area contributed by atoms with E-state index in [1.54, 1.807) is 26.4 Å². The SMILES string of the molecule is CNc1cc2c(cn1)cc(-c1cc(N)c(F)cc1F)c(=O)n2C. The first-order chi connectivity index (χ1) is 10.9. The van der Waals surface area contributed by atoms with Crippen molar-refractivity contribution in [2.24, 2.45) is 7.05 Å². The van der Waals surface area contributed by atoms with Crippen molar-refractivity contribution in [1.29, 1.82) is 0 Å². The monoisotopic (exact) mass is 316 g/mol. The lowest BCUT2D eigenvalue weighted by Gasteiger charge is -2.11. The molecule has 0 saturated heterocycles. The summed E-state index contributed by atoms with van der Waals surface area (Å²) >= 11 is 0. The number of nitrogens with two attached hydrogens (primary N) is 1. The van der Waals surface area contributed by atoms with Crippen LogP contribution < -0.4 is 16.6 Å². The lowest BCUT2D eigenvalue weighted by molar-refractivity contribution is 0.588. The normalized spacial score (nSPS) is 11.0. The number of nitrogen functional groups attached to an aromatic ring is 1. The predicted molar refractivity (Wildman–Crippen MR) is 86.3 cm³/mol. The molecule has 0 unspecified atom stereocenters. The summed E-state index contributed by atoms with van der Waals surface area (Å²) in [7, 11) is 3.30. The summed E-state index contributed by atoms with van der Waals surface area (Å²) in [6.45, 7) is 0. The van der Waals surface area contributed by atoms with Gasteiger partial charge in [-0.05, 0) is 12.1 Å². The number of anilines is 2. The van der Waals surface area contributed by atoms with Gasteiger partial charge in [-0.25, -0.2) is 13.8 Å². The number of nitrogens with zero attached hydrogens (tertiary/aromatic N) is 2. The average molecular weight is 316 g/mol. The Balaban J connectivity index is 2.34. The molecule has 5 nitrogen and oxygen atoms in total. The molecule has 23 heavy (non-hydrogen) atoms. The highest BCUT2D eigenvalue weighted by atomic mass is 19.1. The third-order valence-electron chi connectivity index (χ3n) is 3.74. The van der Waals surface area contributed by atoms with Crippen LogP contribution in [-0.4, -0.2) is 16.6 Å². The van der Waals surface area contributed by atoms with Gasteiger partial charge < -0.3 is 15.6 Å². The number of aromatic nitrogens is 2. The zero-order chi connectivity index (χ0) is 16.7. The average Bonchev–Trinajstić information content (AvgIpc) is 2.54. The molecule has 7 heteroatoms. The smallest absolute Gasteiger partial charge is 0.258 e. The van der Waals surface area contributed by atoms with Crippen LogP contribution in [0.2, 0.25) is 0 Å². The second-order valence-electron chi connectivity index (χ2n) is 5.15. The van der Waals surface area contributed by atoms with E-state index in [-0.39, 0.29) is 16.8 Å². The van der Waals surface area contributed by atoms with Gasteiger partial charge in [0.1, 0.15) is 17.5 Å². The number of nitrogens with one attached hydrogen (secondary N) is 1.